The normalized spacial score (nSPS) is 26.5. The van der Waals surface area contributed by atoms with Crippen LogP contribution < -0.4 is 5.73 Å². The molecule has 0 aromatic carbocycles. The molecule has 62 valence electrons. The third kappa shape index (κ3) is 2.31. The van der Waals surface area contributed by atoms with Crippen molar-refractivity contribution < 1.29 is 4.79 Å². The van der Waals surface area contributed by atoms with Gasteiger partial charge in [0.2, 0.25) is 0 Å². The molecule has 0 bridgehead atoms. The number of nitrogens with two attached hydrogens (primary N) is 1. The first kappa shape index (κ1) is 8.75. The summed E-state index contributed by atoms with van der Waals surface area (Å²) in [6.45, 7) is 1.73. The fraction of sp³-hybridized carbons (Fsp3) is 0.857. The van der Waals surface area contributed by atoms with E-state index in [1.54, 1.807) is 0 Å². The van der Waals surface area contributed by atoms with Crippen LogP contribution in [0, 0.1) is 0 Å². The summed E-state index contributed by atoms with van der Waals surface area (Å²) < 4.78 is 0. The van der Waals surface area contributed by atoms with Crippen LogP contribution in [0.3, 0.4) is 0 Å². The Morgan fingerprint density at radius 1 is 1.64 bits per heavy atom. The molecule has 4 heteroatoms. The maximum absolute atomic E-state index is 10.3. The number of hydrogen-bond donors (Lipinski definition) is 1. The van der Waals surface area contributed by atoms with Gasteiger partial charge in [0, 0.05) is 12.6 Å². The summed E-state index contributed by atoms with van der Waals surface area (Å²) in [7, 11) is 0.557. The third-order valence-electron chi connectivity index (χ3n) is 2.33. The summed E-state index contributed by atoms with van der Waals surface area (Å²) >= 11 is 0. The van der Waals surface area contributed by atoms with Gasteiger partial charge in [-0.05, 0) is 19.4 Å². The Labute approximate surface area is 68.2 Å². The number of carbonyl (C=O) groups is 1. The van der Waals surface area contributed by atoms with Gasteiger partial charge in [-0.1, -0.05) is 6.42 Å². The Balaban J connectivity index is 2.37. The molecule has 1 aliphatic rings. The van der Waals surface area contributed by atoms with Gasteiger partial charge in [0.1, 0.15) is 0 Å². The van der Waals surface area contributed by atoms with Crippen molar-refractivity contribution in [3.05, 3.63) is 0 Å². The molecule has 1 aliphatic heterocycles. The summed E-state index contributed by atoms with van der Waals surface area (Å²) in [5, 5.41) is 0. The van der Waals surface area contributed by atoms with E-state index in [0.717, 1.165) is 19.2 Å². The topological polar surface area (TPSA) is 46.3 Å². The summed E-state index contributed by atoms with van der Waals surface area (Å²) in [6, 6.07) is 0.453. The molecule has 0 radical (unpaired) electrons. The van der Waals surface area contributed by atoms with Crippen LogP contribution in [0.4, 0.5) is 0 Å². The van der Waals surface area contributed by atoms with E-state index in [2.05, 4.69) is 4.81 Å². The van der Waals surface area contributed by atoms with Crippen molar-refractivity contribution in [3.8, 4) is 0 Å². The standard InChI is InChI=1S/C7H15BN2O/c9-5-7-3-1-2-4-10(7)8-6-11/h6-8H,1-5,9H2. The van der Waals surface area contributed by atoms with Gasteiger partial charge in [0.25, 0.3) is 7.41 Å². The van der Waals surface area contributed by atoms with Gasteiger partial charge in [-0.2, -0.15) is 0 Å². The zero-order valence-corrected chi connectivity index (χ0v) is 6.83. The van der Waals surface area contributed by atoms with Crippen LogP contribution in [0.1, 0.15) is 19.3 Å². The molecule has 0 aliphatic carbocycles. The van der Waals surface area contributed by atoms with E-state index in [-0.39, 0.29) is 0 Å². The predicted octanol–water partition coefficient (Wildman–Crippen LogP) is -0.659. The molecular weight excluding hydrogens is 139 g/mol. The first-order valence-corrected chi connectivity index (χ1v) is 4.26. The predicted molar refractivity (Wildman–Crippen MR) is 47.3 cm³/mol. The lowest BCUT2D eigenvalue weighted by Crippen LogP contribution is -2.46. The second-order valence-electron chi connectivity index (χ2n) is 3.05. The second-order valence-corrected chi connectivity index (χ2v) is 3.05. The zero-order valence-electron chi connectivity index (χ0n) is 6.83. The molecule has 1 rings (SSSR count). The average Bonchev–Trinajstić information content (AvgIpc) is 2.06. The van der Waals surface area contributed by atoms with Crippen LogP contribution in [0.5, 0.6) is 0 Å². The van der Waals surface area contributed by atoms with Crippen molar-refractivity contribution in [2.24, 2.45) is 5.73 Å². The number of nitrogens with zero attached hydrogens (tertiary/aromatic N) is 1. The smallest absolute Gasteiger partial charge is 0.281 e. The highest BCUT2D eigenvalue weighted by Crippen LogP contribution is 2.13. The van der Waals surface area contributed by atoms with Crippen molar-refractivity contribution in [2.45, 2.75) is 25.3 Å². The van der Waals surface area contributed by atoms with Crippen molar-refractivity contribution in [2.75, 3.05) is 13.1 Å². The number of piperidine rings is 1. The Hall–Kier alpha value is -0.345. The highest BCUT2D eigenvalue weighted by Gasteiger charge is 2.20. The molecule has 1 saturated heterocycles. The summed E-state index contributed by atoms with van der Waals surface area (Å²) in [5.41, 5.74) is 5.57. The molecule has 0 saturated carbocycles. The second kappa shape index (κ2) is 4.52. The first-order valence-electron chi connectivity index (χ1n) is 4.26. The minimum atomic E-state index is 0.453. The van der Waals surface area contributed by atoms with Crippen LogP contribution in [0.15, 0.2) is 0 Å². The van der Waals surface area contributed by atoms with Crippen molar-refractivity contribution >= 4 is 13.6 Å². The fourth-order valence-corrected chi connectivity index (χ4v) is 1.66. The molecule has 0 amide bonds. The van der Waals surface area contributed by atoms with Gasteiger partial charge in [-0.15, -0.1) is 0 Å². The molecule has 0 spiro atoms. The van der Waals surface area contributed by atoms with E-state index in [1.165, 1.54) is 12.8 Å². The molecule has 0 aromatic heterocycles. The molecule has 0 aromatic rings. The minimum Gasteiger partial charge on any atom is -0.335 e. The lowest BCUT2D eigenvalue weighted by Gasteiger charge is -2.33. The van der Waals surface area contributed by atoms with Gasteiger partial charge >= 0.3 is 0 Å². The maximum atomic E-state index is 10.3. The van der Waals surface area contributed by atoms with Crippen molar-refractivity contribution in [1.82, 2.24) is 4.81 Å². The number of carbonyl (C=O) groups excluding carboxylic acids is 1. The largest absolute Gasteiger partial charge is 0.335 e. The Morgan fingerprint density at radius 2 is 2.45 bits per heavy atom. The molecule has 11 heavy (non-hydrogen) atoms. The Bertz CT molecular complexity index is 132. The number of rotatable bonds is 3. The van der Waals surface area contributed by atoms with Gasteiger partial charge < -0.3 is 15.3 Å². The van der Waals surface area contributed by atoms with Gasteiger partial charge in [0.15, 0.2) is 0 Å². The molecule has 1 unspecified atom stereocenters. The van der Waals surface area contributed by atoms with Crippen molar-refractivity contribution in [1.29, 1.82) is 0 Å². The van der Waals surface area contributed by atoms with Crippen LogP contribution in [-0.2, 0) is 4.79 Å². The molecule has 3 nitrogen and oxygen atoms in total. The highest BCUT2D eigenvalue weighted by molar-refractivity contribution is 6.64. The van der Waals surface area contributed by atoms with E-state index in [4.69, 9.17) is 5.73 Å². The van der Waals surface area contributed by atoms with E-state index in [1.807, 2.05) is 0 Å². The summed E-state index contributed by atoms with van der Waals surface area (Å²) in [5.74, 6) is 0. The van der Waals surface area contributed by atoms with Crippen molar-refractivity contribution in [3.63, 3.8) is 0 Å². The first-order chi connectivity index (χ1) is 5.38. The van der Waals surface area contributed by atoms with Crippen LogP contribution in [0.25, 0.3) is 0 Å². The Kier molecular flexibility index (Phi) is 3.59. The molecule has 2 N–H and O–H groups in total. The molecule has 1 fully saturated rings. The van der Waals surface area contributed by atoms with E-state index >= 15 is 0 Å². The highest BCUT2D eigenvalue weighted by atomic mass is 16.1. The quantitative estimate of drug-likeness (QED) is 0.433. The zero-order chi connectivity index (χ0) is 8.10. The minimum absolute atomic E-state index is 0.453. The number of hydrogen-bond acceptors (Lipinski definition) is 3. The van der Waals surface area contributed by atoms with Crippen LogP contribution in [-0.4, -0.2) is 37.5 Å². The van der Waals surface area contributed by atoms with E-state index in [9.17, 15) is 4.79 Å². The lowest BCUT2D eigenvalue weighted by atomic mass is 9.87. The molecule has 1 heterocycles. The summed E-state index contributed by atoms with van der Waals surface area (Å²) in [6.07, 6.45) is 4.60. The fourth-order valence-electron chi connectivity index (χ4n) is 1.66. The molecule has 1 atom stereocenters. The SMILES string of the molecule is NCC1CCCCN1BC=O. The lowest BCUT2D eigenvalue weighted by molar-refractivity contribution is 0.265. The summed E-state index contributed by atoms with van der Waals surface area (Å²) in [4.78, 5) is 12.4. The van der Waals surface area contributed by atoms with Gasteiger partial charge in [-0.25, -0.2) is 0 Å². The maximum Gasteiger partial charge on any atom is 0.281 e. The third-order valence-corrected chi connectivity index (χ3v) is 2.33. The van der Waals surface area contributed by atoms with E-state index < -0.39 is 0 Å². The molecular formula is C7H15BN2O. The van der Waals surface area contributed by atoms with Crippen LogP contribution >= 0.6 is 0 Å². The monoisotopic (exact) mass is 154 g/mol. The average molecular weight is 154 g/mol. The van der Waals surface area contributed by atoms with E-state index in [0.29, 0.717) is 20.0 Å². The van der Waals surface area contributed by atoms with Gasteiger partial charge in [-0.3, -0.25) is 0 Å². The van der Waals surface area contributed by atoms with Crippen LogP contribution in [0.2, 0.25) is 0 Å². The Morgan fingerprint density at radius 3 is 3.09 bits per heavy atom. The van der Waals surface area contributed by atoms with Gasteiger partial charge in [0.05, 0.1) is 6.19 Å².